The zero-order valence-electron chi connectivity index (χ0n) is 16.4. The summed E-state index contributed by atoms with van der Waals surface area (Å²) >= 11 is 1.67. The largest absolute Gasteiger partial charge is 0.396 e. The van der Waals surface area contributed by atoms with Crippen molar-refractivity contribution in [1.82, 2.24) is 4.90 Å². The van der Waals surface area contributed by atoms with Gasteiger partial charge in [0.05, 0.1) is 12.6 Å². The fraction of sp³-hybridized carbons (Fsp3) is 0.667. The molecule has 27 heavy (non-hydrogen) atoms. The van der Waals surface area contributed by atoms with Gasteiger partial charge in [0.15, 0.2) is 0 Å². The smallest absolute Gasteiger partial charge is 0.222 e. The summed E-state index contributed by atoms with van der Waals surface area (Å²) in [5, 5.41) is 18.0. The Morgan fingerprint density at radius 3 is 2.56 bits per heavy atom. The molecule has 0 aromatic heterocycles. The SMILES string of the molecule is CC1(C)C[C@@H]2CN(C(=O)CCCO)C[C@H]1N(c1ccc(SCCO)cc1)C2. The predicted octanol–water partition coefficient (Wildman–Crippen LogP) is 2.61. The summed E-state index contributed by atoms with van der Waals surface area (Å²) in [6.45, 7) is 7.48. The first kappa shape index (κ1) is 20.5. The third-order valence-electron chi connectivity index (χ3n) is 5.85. The lowest BCUT2D eigenvalue weighted by Gasteiger charge is -2.48. The minimum atomic E-state index is 0.0741. The van der Waals surface area contributed by atoms with E-state index in [-0.39, 0.29) is 24.5 Å². The molecule has 1 aromatic rings. The quantitative estimate of drug-likeness (QED) is 0.699. The molecule has 3 fully saturated rings. The molecule has 0 aliphatic carbocycles. The van der Waals surface area contributed by atoms with E-state index in [0.29, 0.717) is 30.6 Å². The van der Waals surface area contributed by atoms with Crippen molar-refractivity contribution in [3.8, 4) is 0 Å². The summed E-state index contributed by atoms with van der Waals surface area (Å²) in [5.41, 5.74) is 1.37. The Labute approximate surface area is 166 Å². The van der Waals surface area contributed by atoms with Crippen molar-refractivity contribution in [1.29, 1.82) is 0 Å². The Morgan fingerprint density at radius 2 is 1.89 bits per heavy atom. The van der Waals surface area contributed by atoms with Crippen molar-refractivity contribution >= 4 is 23.4 Å². The molecule has 0 spiro atoms. The van der Waals surface area contributed by atoms with Crippen LogP contribution >= 0.6 is 11.8 Å². The number of anilines is 1. The van der Waals surface area contributed by atoms with Gasteiger partial charge in [0, 0.05) is 49.0 Å². The van der Waals surface area contributed by atoms with Gasteiger partial charge in [0.25, 0.3) is 0 Å². The Kier molecular flexibility index (Phi) is 6.71. The number of aliphatic hydroxyl groups is 2. The fourth-order valence-corrected chi connectivity index (χ4v) is 5.27. The van der Waals surface area contributed by atoms with Gasteiger partial charge < -0.3 is 20.0 Å². The number of rotatable bonds is 7. The standard InChI is InChI=1S/C21H32N2O3S/c1-21(2)12-16-13-22(20(26)4-3-9-24)15-19(21)23(14-16)17-5-7-18(8-6-17)27-11-10-25/h5-8,16,19,24-25H,3-4,9-15H2,1-2H3/t16-,19-/m1/s1. The molecule has 150 valence electrons. The highest BCUT2D eigenvalue weighted by atomic mass is 32.2. The van der Waals surface area contributed by atoms with E-state index < -0.39 is 0 Å². The van der Waals surface area contributed by atoms with Crippen LogP contribution in [0.1, 0.15) is 33.1 Å². The van der Waals surface area contributed by atoms with Crippen LogP contribution in [0.4, 0.5) is 5.69 Å². The summed E-state index contributed by atoms with van der Waals surface area (Å²) in [5.74, 6) is 1.36. The van der Waals surface area contributed by atoms with Crippen molar-refractivity contribution in [3.05, 3.63) is 24.3 Å². The molecule has 3 aliphatic rings. The van der Waals surface area contributed by atoms with Crippen LogP contribution in [0.15, 0.2) is 29.2 Å². The van der Waals surface area contributed by atoms with Crippen LogP contribution in [-0.2, 0) is 4.79 Å². The molecule has 3 aliphatic heterocycles. The molecule has 4 rings (SSSR count). The van der Waals surface area contributed by atoms with E-state index in [1.807, 2.05) is 4.90 Å². The Balaban J connectivity index is 1.78. The predicted molar refractivity (Wildman–Crippen MR) is 110 cm³/mol. The molecule has 0 radical (unpaired) electrons. The van der Waals surface area contributed by atoms with Gasteiger partial charge in [-0.15, -0.1) is 11.8 Å². The van der Waals surface area contributed by atoms with E-state index in [9.17, 15) is 4.79 Å². The first-order valence-electron chi connectivity index (χ1n) is 9.93. The fourth-order valence-electron chi connectivity index (χ4n) is 4.61. The molecular weight excluding hydrogens is 360 g/mol. The van der Waals surface area contributed by atoms with Crippen molar-refractivity contribution in [3.63, 3.8) is 0 Å². The molecule has 2 bridgehead atoms. The monoisotopic (exact) mass is 392 g/mol. The average Bonchev–Trinajstić information content (AvgIpc) is 2.92. The van der Waals surface area contributed by atoms with Crippen LogP contribution in [0.25, 0.3) is 0 Å². The van der Waals surface area contributed by atoms with E-state index >= 15 is 0 Å². The van der Waals surface area contributed by atoms with Gasteiger partial charge in [-0.1, -0.05) is 13.8 Å². The topological polar surface area (TPSA) is 64.0 Å². The normalized spacial score (nSPS) is 24.1. The molecule has 5 nitrogen and oxygen atoms in total. The number of carbonyl (C=O) groups is 1. The number of hydrogen-bond donors (Lipinski definition) is 2. The maximum Gasteiger partial charge on any atom is 0.222 e. The molecule has 3 heterocycles. The van der Waals surface area contributed by atoms with Crippen molar-refractivity contribution in [2.24, 2.45) is 11.3 Å². The Bertz CT molecular complexity index is 635. The molecule has 1 aromatic carbocycles. The molecule has 6 heteroatoms. The first-order valence-corrected chi connectivity index (χ1v) is 10.9. The number of benzene rings is 1. The molecule has 0 unspecified atom stereocenters. The number of amides is 1. The number of piperidine rings is 1. The van der Waals surface area contributed by atoms with Crippen LogP contribution in [0, 0.1) is 11.3 Å². The summed E-state index contributed by atoms with van der Waals surface area (Å²) in [4.78, 5) is 18.3. The lowest BCUT2D eigenvalue weighted by atomic mass is 9.73. The summed E-state index contributed by atoms with van der Waals surface area (Å²) in [6, 6.07) is 8.91. The van der Waals surface area contributed by atoms with E-state index in [4.69, 9.17) is 10.2 Å². The van der Waals surface area contributed by atoms with Crippen LogP contribution in [0.5, 0.6) is 0 Å². The van der Waals surface area contributed by atoms with E-state index in [0.717, 1.165) is 26.1 Å². The van der Waals surface area contributed by atoms with Gasteiger partial charge in [-0.25, -0.2) is 0 Å². The molecule has 3 saturated heterocycles. The Morgan fingerprint density at radius 1 is 1.15 bits per heavy atom. The number of fused-ring (bicyclic) bond motifs is 4. The third kappa shape index (κ3) is 4.79. The first-order chi connectivity index (χ1) is 12.9. The summed E-state index contributed by atoms with van der Waals surface area (Å²) < 4.78 is 0. The average molecular weight is 393 g/mol. The van der Waals surface area contributed by atoms with E-state index in [1.165, 1.54) is 10.6 Å². The zero-order valence-corrected chi connectivity index (χ0v) is 17.2. The van der Waals surface area contributed by atoms with Gasteiger partial charge in [-0.2, -0.15) is 0 Å². The lowest BCUT2D eigenvalue weighted by molar-refractivity contribution is -0.131. The molecule has 2 N–H and O–H groups in total. The molecule has 0 saturated carbocycles. The van der Waals surface area contributed by atoms with Gasteiger partial charge in [0.1, 0.15) is 0 Å². The molecule has 2 atom stereocenters. The highest BCUT2D eigenvalue weighted by molar-refractivity contribution is 7.99. The molecular formula is C21H32N2O3S. The maximum absolute atomic E-state index is 12.6. The minimum absolute atomic E-state index is 0.0741. The number of nitrogens with zero attached hydrogens (tertiary/aromatic N) is 2. The van der Waals surface area contributed by atoms with Gasteiger partial charge >= 0.3 is 0 Å². The number of carbonyl (C=O) groups excluding carboxylic acids is 1. The molecule has 1 amide bonds. The van der Waals surface area contributed by atoms with E-state index in [2.05, 4.69) is 43.0 Å². The Hall–Kier alpha value is -1.24. The third-order valence-corrected chi connectivity index (χ3v) is 6.84. The maximum atomic E-state index is 12.6. The lowest BCUT2D eigenvalue weighted by Crippen LogP contribution is -2.54. The highest BCUT2D eigenvalue weighted by Crippen LogP contribution is 2.43. The second-order valence-corrected chi connectivity index (χ2v) is 9.59. The summed E-state index contributed by atoms with van der Waals surface area (Å²) in [7, 11) is 0. The van der Waals surface area contributed by atoms with Crippen molar-refractivity contribution < 1.29 is 15.0 Å². The van der Waals surface area contributed by atoms with E-state index in [1.54, 1.807) is 11.8 Å². The van der Waals surface area contributed by atoms with Crippen molar-refractivity contribution in [2.45, 2.75) is 44.0 Å². The second-order valence-electron chi connectivity index (χ2n) is 8.42. The van der Waals surface area contributed by atoms with Gasteiger partial charge in [0.2, 0.25) is 5.91 Å². The van der Waals surface area contributed by atoms with Gasteiger partial charge in [-0.3, -0.25) is 4.79 Å². The zero-order chi connectivity index (χ0) is 19.4. The van der Waals surface area contributed by atoms with Crippen LogP contribution in [-0.4, -0.2) is 65.7 Å². The highest BCUT2D eigenvalue weighted by Gasteiger charge is 2.46. The van der Waals surface area contributed by atoms with Gasteiger partial charge in [-0.05, 0) is 48.4 Å². The van der Waals surface area contributed by atoms with Crippen molar-refractivity contribution in [2.75, 3.05) is 43.5 Å². The second kappa shape index (κ2) is 8.84. The summed E-state index contributed by atoms with van der Waals surface area (Å²) in [6.07, 6.45) is 2.13. The number of aliphatic hydroxyl groups excluding tert-OH is 2. The number of hydrogen-bond acceptors (Lipinski definition) is 5. The van der Waals surface area contributed by atoms with Crippen LogP contribution < -0.4 is 4.90 Å². The minimum Gasteiger partial charge on any atom is -0.396 e. The van der Waals surface area contributed by atoms with Crippen LogP contribution in [0.3, 0.4) is 0 Å². The number of thioether (sulfide) groups is 1. The van der Waals surface area contributed by atoms with Crippen LogP contribution in [0.2, 0.25) is 0 Å².